The molecule has 0 unspecified atom stereocenters. The number of amides is 2. The van der Waals surface area contributed by atoms with Gasteiger partial charge in [0, 0.05) is 26.2 Å². The molecule has 8 heteroatoms. The number of carbonyl (C=O) groups excluding carboxylic acids is 2. The molecule has 0 aromatic heterocycles. The Bertz CT molecular complexity index is 672. The van der Waals surface area contributed by atoms with Crippen molar-refractivity contribution in [3.05, 3.63) is 29.8 Å². The molecule has 1 aromatic rings. The van der Waals surface area contributed by atoms with Crippen LogP contribution in [0.4, 0.5) is 0 Å². The molecule has 0 heterocycles. The maximum Gasteiger partial charge on any atom is 0.251 e. The van der Waals surface area contributed by atoms with E-state index in [-0.39, 0.29) is 22.9 Å². The van der Waals surface area contributed by atoms with Crippen LogP contribution in [0.15, 0.2) is 29.2 Å². The zero-order valence-electron chi connectivity index (χ0n) is 14.3. The van der Waals surface area contributed by atoms with Crippen LogP contribution in [0.5, 0.6) is 0 Å². The number of rotatable bonds is 9. The van der Waals surface area contributed by atoms with Crippen LogP contribution >= 0.6 is 0 Å². The minimum absolute atomic E-state index is 0.0316. The van der Waals surface area contributed by atoms with Crippen molar-refractivity contribution in [2.75, 3.05) is 27.2 Å². The average Bonchev–Trinajstić information content (AvgIpc) is 2.56. The van der Waals surface area contributed by atoms with Crippen LogP contribution in [-0.2, 0) is 14.8 Å². The van der Waals surface area contributed by atoms with Crippen molar-refractivity contribution in [2.24, 2.45) is 0 Å². The van der Waals surface area contributed by atoms with Crippen molar-refractivity contribution in [3.8, 4) is 0 Å². The quantitative estimate of drug-likeness (QED) is 0.645. The maximum atomic E-state index is 12.1. The van der Waals surface area contributed by atoms with E-state index < -0.39 is 15.9 Å². The second-order valence-corrected chi connectivity index (χ2v) is 7.71. The van der Waals surface area contributed by atoms with Gasteiger partial charge in [0.2, 0.25) is 15.9 Å². The molecule has 2 N–H and O–H groups in total. The average molecular weight is 355 g/mol. The number of hydrogen-bond donors (Lipinski definition) is 2. The molecule has 2 amide bonds. The fourth-order valence-corrected chi connectivity index (χ4v) is 2.88. The highest BCUT2D eigenvalue weighted by Crippen LogP contribution is 2.14. The molecule has 0 aliphatic heterocycles. The van der Waals surface area contributed by atoms with Crippen LogP contribution in [-0.4, -0.2) is 51.7 Å². The van der Waals surface area contributed by atoms with Crippen molar-refractivity contribution in [3.63, 3.8) is 0 Å². The fraction of sp³-hybridized carbons (Fsp3) is 0.500. The van der Waals surface area contributed by atoms with E-state index in [0.717, 1.165) is 23.6 Å². The third kappa shape index (κ3) is 5.93. The number of hydrogen-bond acceptors (Lipinski definition) is 4. The molecule has 134 valence electrons. The Morgan fingerprint density at radius 2 is 1.83 bits per heavy atom. The van der Waals surface area contributed by atoms with E-state index >= 15 is 0 Å². The highest BCUT2D eigenvalue weighted by atomic mass is 32.2. The monoisotopic (exact) mass is 355 g/mol. The van der Waals surface area contributed by atoms with Crippen LogP contribution in [0, 0.1) is 0 Å². The Morgan fingerprint density at radius 3 is 2.46 bits per heavy atom. The molecule has 1 rings (SSSR count). The molecule has 0 spiro atoms. The minimum atomic E-state index is -3.61. The summed E-state index contributed by atoms with van der Waals surface area (Å²) >= 11 is 0. The second-order valence-electron chi connectivity index (χ2n) is 5.55. The molecule has 0 fully saturated rings. The number of nitrogens with zero attached hydrogens (tertiary/aromatic N) is 1. The maximum absolute atomic E-state index is 12.1. The third-order valence-corrected chi connectivity index (χ3v) is 5.20. The Morgan fingerprint density at radius 1 is 1.12 bits per heavy atom. The summed E-state index contributed by atoms with van der Waals surface area (Å²) in [5, 5.41) is 5.21. The first-order valence-corrected chi connectivity index (χ1v) is 9.30. The Hall–Kier alpha value is -1.93. The standard InChI is InChI=1S/C16H25N3O4S/c1-4-5-6-10-17-15(20)12-18-16(21)13-8-7-9-14(11-13)24(22,23)19(2)3/h7-9,11H,4-6,10,12H2,1-3H3,(H,17,20)(H,18,21). The fourth-order valence-electron chi connectivity index (χ4n) is 1.94. The first-order valence-electron chi connectivity index (χ1n) is 7.86. The minimum Gasteiger partial charge on any atom is -0.355 e. The summed E-state index contributed by atoms with van der Waals surface area (Å²) in [5.74, 6) is -0.758. The number of benzene rings is 1. The first kappa shape index (κ1) is 20.1. The van der Waals surface area contributed by atoms with Crippen LogP contribution < -0.4 is 10.6 Å². The van der Waals surface area contributed by atoms with Crippen molar-refractivity contribution < 1.29 is 18.0 Å². The molecule has 1 aromatic carbocycles. The van der Waals surface area contributed by atoms with E-state index in [1.165, 1.54) is 38.4 Å². The smallest absolute Gasteiger partial charge is 0.251 e. The summed E-state index contributed by atoms with van der Waals surface area (Å²) in [7, 11) is -0.764. The van der Waals surface area contributed by atoms with Gasteiger partial charge in [-0.2, -0.15) is 0 Å². The van der Waals surface area contributed by atoms with Crippen LogP contribution in [0.3, 0.4) is 0 Å². The molecular formula is C16H25N3O4S. The summed E-state index contributed by atoms with van der Waals surface area (Å²) in [5.41, 5.74) is 0.191. The van der Waals surface area contributed by atoms with Gasteiger partial charge in [-0.25, -0.2) is 12.7 Å². The van der Waals surface area contributed by atoms with Gasteiger partial charge in [0.05, 0.1) is 11.4 Å². The van der Waals surface area contributed by atoms with Crippen LogP contribution in [0.25, 0.3) is 0 Å². The van der Waals surface area contributed by atoms with E-state index in [4.69, 9.17) is 0 Å². The first-order chi connectivity index (χ1) is 11.3. The Labute approximate surface area is 143 Å². The topological polar surface area (TPSA) is 95.6 Å². The molecule has 0 saturated heterocycles. The van der Waals surface area contributed by atoms with E-state index in [1.807, 2.05) is 0 Å². The van der Waals surface area contributed by atoms with Gasteiger partial charge in [0.15, 0.2) is 0 Å². The van der Waals surface area contributed by atoms with Gasteiger partial charge in [-0.05, 0) is 24.6 Å². The summed E-state index contributed by atoms with van der Waals surface area (Å²) < 4.78 is 25.2. The van der Waals surface area contributed by atoms with Gasteiger partial charge in [-0.1, -0.05) is 25.8 Å². The number of sulfonamides is 1. The van der Waals surface area contributed by atoms with Crippen molar-refractivity contribution >= 4 is 21.8 Å². The summed E-state index contributed by atoms with van der Waals surface area (Å²) in [4.78, 5) is 23.7. The molecule has 0 bridgehead atoms. The van der Waals surface area contributed by atoms with Crippen molar-refractivity contribution in [1.29, 1.82) is 0 Å². The normalized spacial score (nSPS) is 11.3. The van der Waals surface area contributed by atoms with Gasteiger partial charge >= 0.3 is 0 Å². The summed E-state index contributed by atoms with van der Waals surface area (Å²) in [6.45, 7) is 2.52. The summed E-state index contributed by atoms with van der Waals surface area (Å²) in [6, 6.07) is 5.72. The molecule has 0 aliphatic carbocycles. The third-order valence-electron chi connectivity index (χ3n) is 3.39. The van der Waals surface area contributed by atoms with Crippen molar-refractivity contribution in [2.45, 2.75) is 31.1 Å². The van der Waals surface area contributed by atoms with E-state index in [1.54, 1.807) is 0 Å². The molecule has 7 nitrogen and oxygen atoms in total. The van der Waals surface area contributed by atoms with Crippen LogP contribution in [0.2, 0.25) is 0 Å². The van der Waals surface area contributed by atoms with Gasteiger partial charge in [-0.3, -0.25) is 9.59 Å². The lowest BCUT2D eigenvalue weighted by Gasteiger charge is -2.12. The van der Waals surface area contributed by atoms with Crippen LogP contribution in [0.1, 0.15) is 36.5 Å². The molecule has 0 atom stereocenters. The van der Waals surface area contributed by atoms with Crippen molar-refractivity contribution in [1.82, 2.24) is 14.9 Å². The van der Waals surface area contributed by atoms with E-state index in [2.05, 4.69) is 17.6 Å². The zero-order chi connectivity index (χ0) is 18.2. The summed E-state index contributed by atoms with van der Waals surface area (Å²) in [6.07, 6.45) is 3.01. The number of unbranched alkanes of at least 4 members (excludes halogenated alkanes) is 2. The SMILES string of the molecule is CCCCCNC(=O)CNC(=O)c1cccc(S(=O)(=O)N(C)C)c1. The lowest BCUT2D eigenvalue weighted by atomic mass is 10.2. The van der Waals surface area contributed by atoms with E-state index in [9.17, 15) is 18.0 Å². The number of carbonyl (C=O) groups is 2. The molecule has 0 radical (unpaired) electrons. The predicted molar refractivity (Wildman–Crippen MR) is 92.2 cm³/mol. The van der Waals surface area contributed by atoms with Gasteiger partial charge in [0.1, 0.15) is 0 Å². The molecule has 0 saturated carbocycles. The molecule has 24 heavy (non-hydrogen) atoms. The molecule has 0 aliphatic rings. The number of nitrogens with one attached hydrogen (secondary N) is 2. The van der Waals surface area contributed by atoms with Gasteiger partial charge in [-0.15, -0.1) is 0 Å². The lowest BCUT2D eigenvalue weighted by molar-refractivity contribution is -0.120. The van der Waals surface area contributed by atoms with Gasteiger partial charge in [0.25, 0.3) is 5.91 Å². The largest absolute Gasteiger partial charge is 0.355 e. The highest BCUT2D eigenvalue weighted by molar-refractivity contribution is 7.89. The van der Waals surface area contributed by atoms with Gasteiger partial charge < -0.3 is 10.6 Å². The highest BCUT2D eigenvalue weighted by Gasteiger charge is 2.18. The Balaban J connectivity index is 2.62. The Kier molecular flexibility index (Phi) is 7.87. The second kappa shape index (κ2) is 9.39. The lowest BCUT2D eigenvalue weighted by Crippen LogP contribution is -2.37. The zero-order valence-corrected chi connectivity index (χ0v) is 15.1. The predicted octanol–water partition coefficient (Wildman–Crippen LogP) is 0.973. The molecular weight excluding hydrogens is 330 g/mol. The van der Waals surface area contributed by atoms with E-state index in [0.29, 0.717) is 6.54 Å².